The fraction of sp³-hybridized carbons (Fsp3) is 0.333. The summed E-state index contributed by atoms with van der Waals surface area (Å²) in [6.07, 6.45) is 3.44. The van der Waals surface area contributed by atoms with Crippen LogP contribution in [-0.4, -0.2) is 20.7 Å². The van der Waals surface area contributed by atoms with Crippen molar-refractivity contribution in [2.45, 2.75) is 0 Å². The topological polar surface area (TPSA) is 21.3 Å². The minimum absolute atomic E-state index is 0.749. The van der Waals surface area contributed by atoms with E-state index in [0.29, 0.717) is 0 Å². The van der Waals surface area contributed by atoms with Crippen molar-refractivity contribution < 1.29 is 4.74 Å². The zero-order valence-electron chi connectivity index (χ0n) is 7.18. The van der Waals surface area contributed by atoms with E-state index in [1.165, 1.54) is 0 Å². The Bertz CT molecular complexity index is 170. The van der Waals surface area contributed by atoms with Crippen molar-refractivity contribution in [2.75, 3.05) is 20.7 Å². The molecule has 0 heterocycles. The van der Waals surface area contributed by atoms with Crippen molar-refractivity contribution >= 4 is 0 Å². The molecule has 11 heavy (non-hydrogen) atoms. The van der Waals surface area contributed by atoms with E-state index in [2.05, 4.69) is 18.5 Å². The van der Waals surface area contributed by atoms with Crippen molar-refractivity contribution in [3.05, 3.63) is 36.6 Å². The summed E-state index contributed by atoms with van der Waals surface area (Å²) >= 11 is 0. The number of allylic oxidation sites excluding steroid dienone is 1. The van der Waals surface area contributed by atoms with Gasteiger partial charge in [-0.1, -0.05) is 19.2 Å². The van der Waals surface area contributed by atoms with Gasteiger partial charge in [-0.2, -0.15) is 0 Å². The van der Waals surface area contributed by atoms with Crippen LogP contribution in [0.2, 0.25) is 0 Å². The smallest absolute Gasteiger partial charge is 0.122 e. The molecule has 0 aliphatic heterocycles. The van der Waals surface area contributed by atoms with Crippen LogP contribution in [0.5, 0.6) is 0 Å². The molecule has 0 unspecified atom stereocenters. The predicted octanol–water partition coefficient (Wildman–Crippen LogP) is 1.48. The molecule has 0 atom stereocenters. The lowest BCUT2D eigenvalue weighted by Crippen LogP contribution is -2.11. The first-order valence-corrected chi connectivity index (χ1v) is 3.46. The molecule has 62 valence electrons. The second kappa shape index (κ2) is 5.74. The monoisotopic (exact) mass is 153 g/mol. The first-order valence-electron chi connectivity index (χ1n) is 3.46. The zero-order chi connectivity index (χ0) is 8.69. The molecule has 0 saturated heterocycles. The maximum absolute atomic E-state index is 5.06. The van der Waals surface area contributed by atoms with Gasteiger partial charge in [-0.25, -0.2) is 0 Å². The lowest BCUT2D eigenvalue weighted by molar-refractivity contribution is 0.303. The summed E-state index contributed by atoms with van der Waals surface area (Å²) in [5, 5.41) is 3.01. The van der Waals surface area contributed by atoms with Gasteiger partial charge in [0.2, 0.25) is 0 Å². The van der Waals surface area contributed by atoms with Gasteiger partial charge in [0.1, 0.15) is 5.76 Å². The number of hydrogen-bond acceptors (Lipinski definition) is 2. The molecular formula is C9H15NO. The molecule has 0 aromatic carbocycles. The number of ether oxygens (including phenoxy) is 1. The number of methoxy groups -OCH3 is 1. The Morgan fingerprint density at radius 2 is 2.09 bits per heavy atom. The van der Waals surface area contributed by atoms with E-state index in [1.54, 1.807) is 19.3 Å². The van der Waals surface area contributed by atoms with Crippen LogP contribution in [0.4, 0.5) is 0 Å². The van der Waals surface area contributed by atoms with E-state index in [1.807, 2.05) is 7.05 Å². The summed E-state index contributed by atoms with van der Waals surface area (Å²) in [5.41, 5.74) is 1.02. The van der Waals surface area contributed by atoms with Gasteiger partial charge in [0.15, 0.2) is 0 Å². The fourth-order valence-electron chi connectivity index (χ4n) is 0.796. The van der Waals surface area contributed by atoms with Gasteiger partial charge in [0.25, 0.3) is 0 Å². The Kier molecular flexibility index (Phi) is 5.21. The molecule has 1 N–H and O–H groups in total. The average Bonchev–Trinajstić information content (AvgIpc) is 2.05. The zero-order valence-corrected chi connectivity index (χ0v) is 7.18. The molecule has 0 fully saturated rings. The quantitative estimate of drug-likeness (QED) is 0.477. The fourth-order valence-corrected chi connectivity index (χ4v) is 0.796. The lowest BCUT2D eigenvalue weighted by atomic mass is 10.2. The van der Waals surface area contributed by atoms with Crippen LogP contribution < -0.4 is 5.32 Å². The number of nitrogens with one attached hydrogen (secondary N) is 1. The van der Waals surface area contributed by atoms with Gasteiger partial charge >= 0.3 is 0 Å². The molecule has 0 aromatic rings. The molecule has 0 aliphatic carbocycles. The Balaban J connectivity index is 4.46. The van der Waals surface area contributed by atoms with Crippen molar-refractivity contribution in [1.82, 2.24) is 5.32 Å². The third-order valence-electron chi connectivity index (χ3n) is 1.34. The first kappa shape index (κ1) is 9.98. The Morgan fingerprint density at radius 3 is 2.36 bits per heavy atom. The van der Waals surface area contributed by atoms with Crippen molar-refractivity contribution in [3.63, 3.8) is 0 Å². The van der Waals surface area contributed by atoms with Crippen molar-refractivity contribution in [3.8, 4) is 0 Å². The Morgan fingerprint density at radius 1 is 1.45 bits per heavy atom. The highest BCUT2D eigenvalue weighted by atomic mass is 16.5. The highest BCUT2D eigenvalue weighted by Crippen LogP contribution is 2.05. The molecule has 0 bridgehead atoms. The highest BCUT2D eigenvalue weighted by molar-refractivity contribution is 5.27. The van der Waals surface area contributed by atoms with Gasteiger partial charge in [0.05, 0.1) is 7.11 Å². The van der Waals surface area contributed by atoms with Gasteiger partial charge in [0, 0.05) is 12.1 Å². The summed E-state index contributed by atoms with van der Waals surface area (Å²) in [6, 6.07) is 0. The van der Waals surface area contributed by atoms with E-state index in [4.69, 9.17) is 4.74 Å². The van der Waals surface area contributed by atoms with E-state index in [0.717, 1.165) is 17.9 Å². The minimum atomic E-state index is 0.749. The predicted molar refractivity (Wildman–Crippen MR) is 48.4 cm³/mol. The normalized spacial score (nSPS) is 11.8. The van der Waals surface area contributed by atoms with Crippen LogP contribution in [0, 0.1) is 0 Å². The van der Waals surface area contributed by atoms with Gasteiger partial charge in [-0.3, -0.25) is 0 Å². The molecule has 0 spiro atoms. The number of hydrogen-bond donors (Lipinski definition) is 1. The summed E-state index contributed by atoms with van der Waals surface area (Å²) < 4.78 is 5.06. The Hall–Kier alpha value is -1.02. The molecule has 0 radical (unpaired) electrons. The van der Waals surface area contributed by atoms with Crippen LogP contribution >= 0.6 is 0 Å². The molecule has 0 rings (SSSR count). The summed E-state index contributed by atoms with van der Waals surface area (Å²) in [7, 11) is 3.50. The van der Waals surface area contributed by atoms with Gasteiger partial charge in [-0.15, -0.1) is 0 Å². The lowest BCUT2D eigenvalue weighted by Gasteiger charge is -2.06. The van der Waals surface area contributed by atoms with E-state index in [9.17, 15) is 0 Å². The van der Waals surface area contributed by atoms with E-state index in [-0.39, 0.29) is 0 Å². The average molecular weight is 153 g/mol. The van der Waals surface area contributed by atoms with Gasteiger partial charge < -0.3 is 10.1 Å². The Labute approximate surface area is 68.3 Å². The summed E-state index contributed by atoms with van der Waals surface area (Å²) in [4.78, 5) is 0. The maximum atomic E-state index is 5.06. The third kappa shape index (κ3) is 3.05. The van der Waals surface area contributed by atoms with Crippen LogP contribution in [0.3, 0.4) is 0 Å². The largest absolute Gasteiger partial charge is 0.496 e. The number of rotatable bonds is 5. The SMILES string of the molecule is C=C/C(CNC)=C(\C=C)OC. The molecule has 0 amide bonds. The molecule has 2 nitrogen and oxygen atoms in total. The second-order valence-corrected chi connectivity index (χ2v) is 2.03. The van der Waals surface area contributed by atoms with E-state index < -0.39 is 0 Å². The number of likely N-dealkylation sites (N-methyl/N-ethyl adjacent to an activating group) is 1. The van der Waals surface area contributed by atoms with Crippen LogP contribution in [0.1, 0.15) is 0 Å². The van der Waals surface area contributed by atoms with Gasteiger partial charge in [-0.05, 0) is 13.1 Å². The molecule has 0 aliphatic rings. The van der Waals surface area contributed by atoms with Crippen LogP contribution in [0.15, 0.2) is 36.6 Å². The molecule has 0 aromatic heterocycles. The van der Waals surface area contributed by atoms with Crippen LogP contribution in [0.25, 0.3) is 0 Å². The molecular weight excluding hydrogens is 138 g/mol. The standard InChI is InChI=1S/C9H15NO/c1-5-8(7-10-3)9(6-2)11-4/h5-6,10H,1-2,7H2,3-4H3/b9-8-. The summed E-state index contributed by atoms with van der Waals surface area (Å²) in [5.74, 6) is 0.773. The highest BCUT2D eigenvalue weighted by Gasteiger charge is 1.97. The molecule has 0 saturated carbocycles. The second-order valence-electron chi connectivity index (χ2n) is 2.03. The van der Waals surface area contributed by atoms with E-state index >= 15 is 0 Å². The minimum Gasteiger partial charge on any atom is -0.496 e. The van der Waals surface area contributed by atoms with Crippen molar-refractivity contribution in [1.29, 1.82) is 0 Å². The van der Waals surface area contributed by atoms with Crippen molar-refractivity contribution in [2.24, 2.45) is 0 Å². The van der Waals surface area contributed by atoms with Crippen LogP contribution in [-0.2, 0) is 4.74 Å². The first-order chi connectivity index (χ1) is 5.29. The summed E-state index contributed by atoms with van der Waals surface area (Å²) in [6.45, 7) is 8.04. The molecule has 2 heteroatoms. The maximum Gasteiger partial charge on any atom is 0.122 e. The third-order valence-corrected chi connectivity index (χ3v) is 1.34.